The molecule has 1 saturated heterocycles. The zero-order chi connectivity index (χ0) is 16.4. The lowest BCUT2D eigenvalue weighted by Crippen LogP contribution is -2.54. The molecule has 5 heteroatoms. The number of nitrogens with zero attached hydrogens (tertiary/aromatic N) is 2. The van der Waals surface area contributed by atoms with Crippen LogP contribution in [-0.4, -0.2) is 47.8 Å². The standard InChI is InChI=1S/C18H23FN2O2/c1-14(22)20-10-12-21(13-11-20)17(23)18(8-4-5-9-18)15-6-2-3-7-16(15)19/h2-3,6-7H,4-5,8-13H2,1H3. The third-order valence-corrected chi connectivity index (χ3v) is 5.27. The predicted molar refractivity (Wildman–Crippen MR) is 85.4 cm³/mol. The van der Waals surface area contributed by atoms with Crippen LogP contribution in [0.25, 0.3) is 0 Å². The van der Waals surface area contributed by atoms with Gasteiger partial charge in [-0.1, -0.05) is 31.0 Å². The monoisotopic (exact) mass is 318 g/mol. The molecule has 2 aliphatic rings. The summed E-state index contributed by atoms with van der Waals surface area (Å²) in [5, 5.41) is 0. The van der Waals surface area contributed by atoms with Crippen molar-refractivity contribution in [3.63, 3.8) is 0 Å². The van der Waals surface area contributed by atoms with Crippen LogP contribution in [-0.2, 0) is 15.0 Å². The van der Waals surface area contributed by atoms with Crippen LogP contribution >= 0.6 is 0 Å². The molecule has 2 amide bonds. The molecule has 124 valence electrons. The Morgan fingerprint density at radius 3 is 2.13 bits per heavy atom. The van der Waals surface area contributed by atoms with Gasteiger partial charge in [0, 0.05) is 38.7 Å². The van der Waals surface area contributed by atoms with Gasteiger partial charge >= 0.3 is 0 Å². The third kappa shape index (κ3) is 2.84. The highest BCUT2D eigenvalue weighted by Gasteiger charge is 2.46. The zero-order valence-corrected chi connectivity index (χ0v) is 13.6. The van der Waals surface area contributed by atoms with Gasteiger partial charge in [0.05, 0.1) is 5.41 Å². The second kappa shape index (κ2) is 6.30. The summed E-state index contributed by atoms with van der Waals surface area (Å²) < 4.78 is 14.4. The van der Waals surface area contributed by atoms with E-state index in [0.29, 0.717) is 44.6 Å². The first-order chi connectivity index (χ1) is 11.0. The Labute approximate surface area is 136 Å². The van der Waals surface area contributed by atoms with Crippen molar-refractivity contribution in [2.24, 2.45) is 0 Å². The van der Waals surface area contributed by atoms with Gasteiger partial charge in [-0.2, -0.15) is 0 Å². The van der Waals surface area contributed by atoms with Crippen molar-refractivity contribution in [2.45, 2.75) is 38.0 Å². The number of halogens is 1. The van der Waals surface area contributed by atoms with Crippen LogP contribution in [0.2, 0.25) is 0 Å². The van der Waals surface area contributed by atoms with Gasteiger partial charge in [-0.15, -0.1) is 0 Å². The van der Waals surface area contributed by atoms with E-state index in [9.17, 15) is 14.0 Å². The quantitative estimate of drug-likeness (QED) is 0.840. The summed E-state index contributed by atoms with van der Waals surface area (Å²) in [5.74, 6) is -0.213. The van der Waals surface area contributed by atoms with Crippen molar-refractivity contribution in [1.29, 1.82) is 0 Å². The maximum absolute atomic E-state index is 14.4. The van der Waals surface area contributed by atoms with Gasteiger partial charge in [0.2, 0.25) is 11.8 Å². The average Bonchev–Trinajstić information content (AvgIpc) is 3.05. The number of carbonyl (C=O) groups excluding carboxylic acids is 2. The highest BCUT2D eigenvalue weighted by molar-refractivity contribution is 5.89. The van der Waals surface area contributed by atoms with E-state index in [4.69, 9.17) is 0 Å². The lowest BCUT2D eigenvalue weighted by molar-refractivity contribution is -0.142. The molecular formula is C18H23FN2O2. The third-order valence-electron chi connectivity index (χ3n) is 5.27. The van der Waals surface area contributed by atoms with Crippen LogP contribution in [0.15, 0.2) is 24.3 Å². The van der Waals surface area contributed by atoms with Crippen LogP contribution in [0.3, 0.4) is 0 Å². The van der Waals surface area contributed by atoms with Crippen molar-refractivity contribution >= 4 is 11.8 Å². The molecule has 0 atom stereocenters. The highest BCUT2D eigenvalue weighted by Crippen LogP contribution is 2.43. The minimum atomic E-state index is -0.719. The summed E-state index contributed by atoms with van der Waals surface area (Å²) >= 11 is 0. The largest absolute Gasteiger partial charge is 0.339 e. The van der Waals surface area contributed by atoms with Gasteiger partial charge in [-0.3, -0.25) is 9.59 Å². The van der Waals surface area contributed by atoms with Crippen molar-refractivity contribution in [3.8, 4) is 0 Å². The van der Waals surface area contributed by atoms with Crippen LogP contribution in [0.4, 0.5) is 4.39 Å². The first-order valence-electron chi connectivity index (χ1n) is 8.34. The minimum absolute atomic E-state index is 0.0308. The maximum atomic E-state index is 14.4. The number of rotatable bonds is 2. The molecule has 1 aromatic carbocycles. The second-order valence-corrected chi connectivity index (χ2v) is 6.57. The van der Waals surface area contributed by atoms with E-state index >= 15 is 0 Å². The Morgan fingerprint density at radius 2 is 1.57 bits per heavy atom. The molecule has 1 aliphatic heterocycles. The van der Waals surface area contributed by atoms with Crippen molar-refractivity contribution in [1.82, 2.24) is 9.80 Å². The Morgan fingerprint density at radius 1 is 1.00 bits per heavy atom. The summed E-state index contributed by atoms with van der Waals surface area (Å²) in [7, 11) is 0. The van der Waals surface area contributed by atoms with E-state index in [0.717, 1.165) is 12.8 Å². The molecule has 0 N–H and O–H groups in total. The Kier molecular flexibility index (Phi) is 4.37. The van der Waals surface area contributed by atoms with Gasteiger partial charge < -0.3 is 9.80 Å². The number of amides is 2. The molecular weight excluding hydrogens is 295 g/mol. The summed E-state index contributed by atoms with van der Waals surface area (Å²) in [5.41, 5.74) is -0.180. The zero-order valence-electron chi connectivity index (χ0n) is 13.6. The lowest BCUT2D eigenvalue weighted by Gasteiger charge is -2.40. The Hall–Kier alpha value is -1.91. The number of benzene rings is 1. The predicted octanol–water partition coefficient (Wildman–Crippen LogP) is 2.33. The van der Waals surface area contributed by atoms with E-state index in [1.165, 1.54) is 6.07 Å². The fourth-order valence-electron chi connectivity index (χ4n) is 3.95. The fraction of sp³-hybridized carbons (Fsp3) is 0.556. The number of hydrogen-bond donors (Lipinski definition) is 0. The molecule has 4 nitrogen and oxygen atoms in total. The second-order valence-electron chi connectivity index (χ2n) is 6.57. The van der Waals surface area contributed by atoms with Crippen LogP contribution in [0, 0.1) is 5.82 Å². The summed E-state index contributed by atoms with van der Waals surface area (Å²) in [6.07, 6.45) is 3.32. The van der Waals surface area contributed by atoms with Crippen molar-refractivity contribution in [3.05, 3.63) is 35.6 Å². The summed E-state index contributed by atoms with van der Waals surface area (Å²) in [4.78, 5) is 28.2. The van der Waals surface area contributed by atoms with Gasteiger partial charge in [0.15, 0.2) is 0 Å². The average molecular weight is 318 g/mol. The van der Waals surface area contributed by atoms with E-state index in [1.54, 1.807) is 30.0 Å². The van der Waals surface area contributed by atoms with E-state index in [1.807, 2.05) is 4.90 Å². The molecule has 0 unspecified atom stereocenters. The highest BCUT2D eigenvalue weighted by atomic mass is 19.1. The molecule has 0 aromatic heterocycles. The first-order valence-corrected chi connectivity index (χ1v) is 8.34. The molecule has 0 bridgehead atoms. The van der Waals surface area contributed by atoms with Gasteiger partial charge in [0.1, 0.15) is 5.82 Å². The molecule has 1 heterocycles. The molecule has 2 fully saturated rings. The lowest BCUT2D eigenvalue weighted by atomic mass is 9.77. The SMILES string of the molecule is CC(=O)N1CCN(C(=O)C2(c3ccccc3F)CCCC2)CC1. The Balaban J connectivity index is 1.84. The normalized spacial score (nSPS) is 20.6. The minimum Gasteiger partial charge on any atom is -0.339 e. The summed E-state index contributed by atoms with van der Waals surface area (Å²) in [6.45, 7) is 3.75. The molecule has 1 aliphatic carbocycles. The van der Waals surface area contributed by atoms with Crippen molar-refractivity contribution in [2.75, 3.05) is 26.2 Å². The number of piperazine rings is 1. The molecule has 3 rings (SSSR count). The van der Waals surface area contributed by atoms with Gasteiger partial charge in [-0.05, 0) is 18.9 Å². The smallest absolute Gasteiger partial charge is 0.233 e. The fourth-order valence-corrected chi connectivity index (χ4v) is 3.95. The molecule has 1 aromatic rings. The number of hydrogen-bond acceptors (Lipinski definition) is 2. The summed E-state index contributed by atoms with van der Waals surface area (Å²) in [6, 6.07) is 6.66. The van der Waals surface area contributed by atoms with Crippen LogP contribution < -0.4 is 0 Å². The van der Waals surface area contributed by atoms with Crippen LogP contribution in [0.5, 0.6) is 0 Å². The van der Waals surface area contributed by atoms with E-state index in [-0.39, 0.29) is 17.6 Å². The molecule has 23 heavy (non-hydrogen) atoms. The number of carbonyl (C=O) groups is 2. The molecule has 0 radical (unpaired) electrons. The van der Waals surface area contributed by atoms with E-state index < -0.39 is 5.41 Å². The topological polar surface area (TPSA) is 40.6 Å². The maximum Gasteiger partial charge on any atom is 0.233 e. The van der Waals surface area contributed by atoms with E-state index in [2.05, 4.69) is 0 Å². The van der Waals surface area contributed by atoms with Gasteiger partial charge in [0.25, 0.3) is 0 Å². The molecule has 1 saturated carbocycles. The van der Waals surface area contributed by atoms with Crippen LogP contribution in [0.1, 0.15) is 38.2 Å². The Bertz CT molecular complexity index is 603. The molecule has 0 spiro atoms. The van der Waals surface area contributed by atoms with Crippen molar-refractivity contribution < 1.29 is 14.0 Å². The van der Waals surface area contributed by atoms with Gasteiger partial charge in [-0.25, -0.2) is 4.39 Å². The first kappa shape index (κ1) is 16.0.